The van der Waals surface area contributed by atoms with E-state index in [1.807, 2.05) is 19.9 Å². The summed E-state index contributed by atoms with van der Waals surface area (Å²) in [4.78, 5) is 0. The van der Waals surface area contributed by atoms with Crippen LogP contribution >= 0.6 is 0 Å². The van der Waals surface area contributed by atoms with Gasteiger partial charge in [-0.25, -0.2) is 4.39 Å². The van der Waals surface area contributed by atoms with Crippen LogP contribution in [0.5, 0.6) is 0 Å². The van der Waals surface area contributed by atoms with Gasteiger partial charge in [-0.05, 0) is 88.3 Å². The molecule has 0 aliphatic carbocycles. The third kappa shape index (κ3) is 28.4. The highest BCUT2D eigenvalue weighted by Gasteiger charge is 2.02. The molecule has 0 radical (unpaired) electrons. The van der Waals surface area contributed by atoms with Gasteiger partial charge in [0.15, 0.2) is 0 Å². The minimum absolute atomic E-state index is 0.133. The lowest BCUT2D eigenvalue weighted by atomic mass is 9.96. The second-order valence-corrected chi connectivity index (χ2v) is 9.93. The van der Waals surface area contributed by atoms with E-state index < -0.39 is 0 Å². The van der Waals surface area contributed by atoms with Crippen LogP contribution in [0, 0.1) is 11.7 Å². The fourth-order valence-electron chi connectivity index (χ4n) is 2.73. The molecule has 0 aliphatic heterocycles. The van der Waals surface area contributed by atoms with Gasteiger partial charge >= 0.3 is 0 Å². The van der Waals surface area contributed by atoms with Gasteiger partial charge in [-0.1, -0.05) is 127 Å². The van der Waals surface area contributed by atoms with Gasteiger partial charge in [0.1, 0.15) is 5.82 Å². The third-order valence-electron chi connectivity index (χ3n) is 5.88. The molecule has 2 heteroatoms. The van der Waals surface area contributed by atoms with E-state index in [-0.39, 0.29) is 5.82 Å². The Bertz CT molecular complexity index is 847. The second-order valence-electron chi connectivity index (χ2n) is 9.93. The van der Waals surface area contributed by atoms with E-state index in [1.165, 1.54) is 42.0 Å². The normalized spacial score (nSPS) is 10.5. The van der Waals surface area contributed by atoms with E-state index in [1.54, 1.807) is 18.2 Å². The van der Waals surface area contributed by atoms with E-state index in [4.69, 9.17) is 5.73 Å². The summed E-state index contributed by atoms with van der Waals surface area (Å²) < 4.78 is 12.5. The molecule has 1 aromatic carbocycles. The third-order valence-corrected chi connectivity index (χ3v) is 5.88. The topological polar surface area (TPSA) is 26.0 Å². The molecule has 1 nitrogen and oxygen atoms in total. The first kappa shape index (κ1) is 43.6. The number of allylic oxidation sites excluding steroid dienone is 8. The highest BCUT2D eigenvalue weighted by Crippen LogP contribution is 2.21. The molecule has 39 heavy (non-hydrogen) atoms. The Balaban J connectivity index is -0.000000226. The fraction of sp³-hybridized carbons (Fsp3) is 0.514. The van der Waals surface area contributed by atoms with Crippen LogP contribution in [-0.2, 0) is 6.42 Å². The molecule has 1 rings (SSSR count). The van der Waals surface area contributed by atoms with E-state index in [0.717, 1.165) is 41.0 Å². The van der Waals surface area contributed by atoms with Crippen molar-refractivity contribution in [1.82, 2.24) is 0 Å². The summed E-state index contributed by atoms with van der Waals surface area (Å²) in [5.74, 6) is 0.802. The van der Waals surface area contributed by atoms with Gasteiger partial charge in [0.2, 0.25) is 0 Å². The van der Waals surface area contributed by atoms with Gasteiger partial charge in [0.25, 0.3) is 0 Å². The number of halogens is 1. The Morgan fingerprint density at radius 1 is 0.949 bits per heavy atom. The van der Waals surface area contributed by atoms with E-state index in [2.05, 4.69) is 101 Å². The monoisotopic (exact) mass is 542 g/mol. The lowest BCUT2D eigenvalue weighted by molar-refractivity contribution is 0.544. The maximum absolute atomic E-state index is 12.5. The van der Waals surface area contributed by atoms with Crippen molar-refractivity contribution in [2.75, 3.05) is 6.54 Å². The van der Waals surface area contributed by atoms with E-state index in [0.29, 0.717) is 6.54 Å². The van der Waals surface area contributed by atoms with Crippen LogP contribution in [0.4, 0.5) is 4.39 Å². The van der Waals surface area contributed by atoms with Gasteiger partial charge in [-0.15, -0.1) is 6.58 Å². The van der Waals surface area contributed by atoms with Crippen molar-refractivity contribution in [1.29, 1.82) is 0 Å². The molecule has 0 spiro atoms. The standard InChI is InChI=1S/C16H24.C9H11F.C6H14.C3H7N.C3H8/c1-9-13(6)15(8)14(7)10-16(11(2)3)12(4)5;1-2-4-8-5-3-6-9(10)7-8;1-4-6(3)5-2;1-2-3-4;1-3-2/h9-10H,2,4H2,1,3,5-8H3;3,5-7H,2,4H2,1H3;6H,4-5H2,1-3H3;2H,1,3-4H2;3H2,1-2H3/b13-9+,15-14+;;;;. The molecule has 0 amide bonds. The summed E-state index contributed by atoms with van der Waals surface area (Å²) in [7, 11) is 0. The predicted octanol–water partition coefficient (Wildman–Crippen LogP) is 12.1. The number of rotatable bonds is 9. The van der Waals surface area contributed by atoms with Crippen LogP contribution in [0.25, 0.3) is 0 Å². The molecule has 1 aromatic rings. The molecule has 0 bridgehead atoms. The van der Waals surface area contributed by atoms with Gasteiger partial charge in [0, 0.05) is 6.54 Å². The molecule has 0 saturated carbocycles. The van der Waals surface area contributed by atoms with Crippen molar-refractivity contribution in [3.63, 3.8) is 0 Å². The first-order valence-electron chi connectivity index (χ1n) is 14.7. The Kier molecular flexibility index (Phi) is 33.6. The van der Waals surface area contributed by atoms with Crippen LogP contribution in [0.2, 0.25) is 0 Å². The lowest BCUT2D eigenvalue weighted by Gasteiger charge is -2.09. The molecule has 0 unspecified atom stereocenters. The second kappa shape index (κ2) is 30.1. The molecule has 0 aliphatic rings. The van der Waals surface area contributed by atoms with Gasteiger partial charge in [0.05, 0.1) is 0 Å². The Hall–Kier alpha value is -2.45. The first-order valence-corrected chi connectivity index (χ1v) is 14.7. The molecule has 0 aromatic heterocycles. The number of aryl methyl sites for hydroxylation is 1. The average Bonchev–Trinajstić information content (AvgIpc) is 2.91. The maximum atomic E-state index is 12.5. The minimum Gasteiger partial charge on any atom is -0.327 e. The smallest absolute Gasteiger partial charge is 0.123 e. The summed E-state index contributed by atoms with van der Waals surface area (Å²) in [5, 5.41) is 0. The SMILES string of the molecule is C=C(C)C(=C/C(C)=C(C)/C(C)=C/C)C(=C)C.C=CCN.CCC.CCC(C)CC.CCCc1cccc(F)c1. The van der Waals surface area contributed by atoms with Crippen LogP contribution in [0.3, 0.4) is 0 Å². The minimum atomic E-state index is -0.133. The van der Waals surface area contributed by atoms with Crippen LogP contribution in [0.1, 0.15) is 114 Å². The van der Waals surface area contributed by atoms with Crippen LogP contribution in [-0.4, -0.2) is 6.54 Å². The Morgan fingerprint density at radius 3 is 1.69 bits per heavy atom. The number of hydrogen-bond acceptors (Lipinski definition) is 1. The van der Waals surface area contributed by atoms with Crippen molar-refractivity contribution in [3.05, 3.63) is 107 Å². The molecule has 0 heterocycles. The van der Waals surface area contributed by atoms with Crippen molar-refractivity contribution in [2.24, 2.45) is 11.7 Å². The fourth-order valence-corrected chi connectivity index (χ4v) is 2.73. The maximum Gasteiger partial charge on any atom is 0.123 e. The summed E-state index contributed by atoms with van der Waals surface area (Å²) >= 11 is 0. The Labute approximate surface area is 244 Å². The summed E-state index contributed by atoms with van der Waals surface area (Å²) in [6, 6.07) is 6.76. The van der Waals surface area contributed by atoms with E-state index >= 15 is 0 Å². The van der Waals surface area contributed by atoms with Crippen molar-refractivity contribution >= 4 is 0 Å². The number of nitrogens with two attached hydrogens (primary N) is 1. The van der Waals surface area contributed by atoms with Gasteiger partial charge in [-0.2, -0.15) is 0 Å². The highest BCUT2D eigenvalue weighted by atomic mass is 19.1. The zero-order chi connectivity index (χ0) is 31.4. The highest BCUT2D eigenvalue weighted by molar-refractivity contribution is 5.48. The molecule has 0 atom stereocenters. The van der Waals surface area contributed by atoms with Crippen LogP contribution in [0.15, 0.2) is 95.7 Å². The van der Waals surface area contributed by atoms with Gasteiger partial charge in [-0.3, -0.25) is 0 Å². The molecule has 224 valence electrons. The number of benzene rings is 1. The first-order chi connectivity index (χ1) is 18.3. The molecule has 2 N–H and O–H groups in total. The molecule has 0 saturated heterocycles. The van der Waals surface area contributed by atoms with E-state index in [9.17, 15) is 4.39 Å². The van der Waals surface area contributed by atoms with Crippen molar-refractivity contribution in [2.45, 2.75) is 115 Å². The molecular weight excluding hydrogens is 477 g/mol. The van der Waals surface area contributed by atoms with Crippen molar-refractivity contribution < 1.29 is 4.39 Å². The Morgan fingerprint density at radius 2 is 1.41 bits per heavy atom. The van der Waals surface area contributed by atoms with Crippen molar-refractivity contribution in [3.8, 4) is 0 Å². The summed E-state index contributed by atoms with van der Waals surface area (Å²) in [5.41, 5.74) is 13.2. The molecule has 0 fully saturated rings. The zero-order valence-corrected chi connectivity index (χ0v) is 27.9. The largest absolute Gasteiger partial charge is 0.327 e. The van der Waals surface area contributed by atoms with Crippen LogP contribution < -0.4 is 5.73 Å². The predicted molar refractivity (Wildman–Crippen MR) is 181 cm³/mol. The zero-order valence-electron chi connectivity index (χ0n) is 27.9. The van der Waals surface area contributed by atoms with Gasteiger partial charge < -0.3 is 5.73 Å². The lowest BCUT2D eigenvalue weighted by Crippen LogP contribution is -1.90. The number of hydrogen-bond donors (Lipinski definition) is 1. The molecular formula is C37H64FN. The summed E-state index contributed by atoms with van der Waals surface area (Å²) in [6.07, 6.45) is 11.9. The average molecular weight is 542 g/mol. The summed E-state index contributed by atoms with van der Waals surface area (Å²) in [6.45, 7) is 37.5. The quantitative estimate of drug-likeness (QED) is 0.244.